The minimum Gasteiger partial charge on any atom is -0.217 e. The van der Waals surface area contributed by atoms with E-state index in [-0.39, 0.29) is 0 Å². The number of rotatable bonds is 1. The molecule has 7 heavy (non-hydrogen) atoms. The van der Waals surface area contributed by atoms with Gasteiger partial charge < -0.3 is 0 Å². The van der Waals surface area contributed by atoms with Gasteiger partial charge in [-0.05, 0) is 23.2 Å². The lowest BCUT2D eigenvalue weighted by atomic mass is 11.7. The maximum absolute atomic E-state index is 9.37. The van der Waals surface area contributed by atoms with Gasteiger partial charge in [0, 0.05) is 0 Å². The van der Waals surface area contributed by atoms with Crippen molar-refractivity contribution in [1.29, 1.82) is 0 Å². The van der Waals surface area contributed by atoms with Crippen LogP contribution in [0.3, 0.4) is 0 Å². The zero-order valence-corrected chi connectivity index (χ0v) is 4.52. The van der Waals surface area contributed by atoms with Crippen molar-refractivity contribution < 1.29 is 10.2 Å². The summed E-state index contributed by atoms with van der Waals surface area (Å²) in [6.07, 6.45) is 0. The first-order valence-corrected chi connectivity index (χ1v) is 1.94. The predicted octanol–water partition coefficient (Wildman–Crippen LogP) is 0.903. The molecule has 0 rings (SSSR count). The highest BCUT2D eigenvalue weighted by Crippen LogP contribution is 1.89. The molecule has 0 aliphatic heterocycles. The molecule has 6 heteroatoms. The Morgan fingerprint density at radius 3 is 2.14 bits per heavy atom. The molecule has 0 aromatic rings. The van der Waals surface area contributed by atoms with Crippen molar-refractivity contribution in [3.63, 3.8) is 0 Å². The third-order valence-corrected chi connectivity index (χ3v) is 0.312. The second-order valence-electron chi connectivity index (χ2n) is 0.593. The molecule has 4 nitrogen and oxygen atoms in total. The molecule has 0 heterocycles. The summed E-state index contributed by atoms with van der Waals surface area (Å²) in [5, 5.41) is 9.48. The summed E-state index contributed by atoms with van der Waals surface area (Å²) >= 11 is 9.57. The number of halogens is 2. The van der Waals surface area contributed by atoms with Gasteiger partial charge in [0.05, 0.1) is 0 Å². The van der Waals surface area contributed by atoms with Crippen LogP contribution in [0.4, 0.5) is 0 Å². The molecule has 0 saturated carbocycles. The van der Waals surface area contributed by atoms with Gasteiger partial charge in [-0.2, -0.15) is 0 Å². The van der Waals surface area contributed by atoms with Gasteiger partial charge in [-0.15, -0.1) is 0 Å². The van der Waals surface area contributed by atoms with Crippen LogP contribution in [-0.2, 0) is 0 Å². The average Bonchev–Trinajstić information content (AvgIpc) is 1.27. The fourth-order valence-electron chi connectivity index (χ4n) is 0.0647. The van der Waals surface area contributed by atoms with Crippen molar-refractivity contribution in [3.05, 3.63) is 4.91 Å². The van der Waals surface area contributed by atoms with Crippen LogP contribution in [0, 0.1) is 4.91 Å². The van der Waals surface area contributed by atoms with E-state index in [1.807, 2.05) is 0 Å². The second-order valence-corrected chi connectivity index (χ2v) is 1.50. The van der Waals surface area contributed by atoms with Crippen LogP contribution in [0.5, 0.6) is 0 Å². The minimum atomic E-state index is -0.727. The highest BCUT2D eigenvalue weighted by molar-refractivity contribution is 6.95. The van der Waals surface area contributed by atoms with Gasteiger partial charge in [-0.1, -0.05) is 0 Å². The largest absolute Gasteiger partial charge is 0.390 e. The molecule has 0 aliphatic carbocycles. The summed E-state index contributed by atoms with van der Waals surface area (Å²) in [6, 6.07) is 0. The Bertz CT molecular complexity index is 106. The first kappa shape index (κ1) is 6.65. The molecule has 0 unspecified atom stereocenters. The van der Waals surface area contributed by atoms with Crippen molar-refractivity contribution in [2.24, 2.45) is 5.10 Å². The third kappa shape index (κ3) is 5.65. The molecule has 0 spiro atoms. The van der Waals surface area contributed by atoms with Crippen LogP contribution in [0.1, 0.15) is 0 Å². The van der Waals surface area contributed by atoms with Crippen molar-refractivity contribution in [3.8, 4) is 0 Å². The lowest BCUT2D eigenvalue weighted by molar-refractivity contribution is -0.796. The molecule has 1 N–H and O–H groups in total. The van der Waals surface area contributed by atoms with Gasteiger partial charge >= 0.3 is 5.03 Å². The molecule has 0 bridgehead atoms. The Labute approximate surface area is 48.9 Å². The Morgan fingerprint density at radius 2 is 2.14 bits per heavy atom. The normalized spacial score (nSPS) is 7.71. The van der Waals surface area contributed by atoms with E-state index >= 15 is 0 Å². The van der Waals surface area contributed by atoms with Crippen LogP contribution < -0.4 is 0 Å². The minimum absolute atomic E-state index is 0.530. The number of hydrazone groups is 1. The van der Waals surface area contributed by atoms with Gasteiger partial charge in [-0.3, -0.25) is 0 Å². The molecule has 0 aromatic carbocycles. The second kappa shape index (κ2) is 2.76. The standard InChI is InChI=1S/CHCl2N2O2/c2-1(3)4-5(6)7/h(H,6,7)/q+1. The number of hydrogen-bond acceptors (Lipinski definition) is 1. The maximum atomic E-state index is 9.37. The molecule has 0 atom stereocenters. The molecule has 40 valence electrons. The summed E-state index contributed by atoms with van der Waals surface area (Å²) < 4.78 is -0.530. The maximum Gasteiger partial charge on any atom is 0.390 e. The fraction of sp³-hybridized carbons (Fsp3) is 0. The molecular weight excluding hydrogens is 143 g/mol. The average molecular weight is 144 g/mol. The topological polar surface area (TPSA) is 52.7 Å². The molecule has 0 aromatic heterocycles. The van der Waals surface area contributed by atoms with Crippen LogP contribution in [-0.4, -0.2) is 14.9 Å². The molecule has 0 amide bonds. The monoisotopic (exact) mass is 143 g/mol. The summed E-state index contributed by atoms with van der Waals surface area (Å²) in [4.78, 5) is 9.37. The SMILES string of the molecule is O=[N+](O)N=C(Cl)Cl. The van der Waals surface area contributed by atoms with E-state index < -0.39 is 9.66 Å². The van der Waals surface area contributed by atoms with Crippen molar-refractivity contribution in [1.82, 2.24) is 0 Å². The molecule has 0 fully saturated rings. The molecule has 0 aliphatic rings. The van der Waals surface area contributed by atoms with E-state index in [2.05, 4.69) is 5.10 Å². The molecular formula is CHCl2N2O2+. The van der Waals surface area contributed by atoms with Gasteiger partial charge in [0.15, 0.2) is 0 Å². The molecule has 0 radical (unpaired) electrons. The fourth-order valence-corrected chi connectivity index (χ4v) is 0.194. The Kier molecular flexibility index (Phi) is 2.62. The van der Waals surface area contributed by atoms with Crippen LogP contribution >= 0.6 is 23.2 Å². The van der Waals surface area contributed by atoms with Gasteiger partial charge in [0.2, 0.25) is 0 Å². The van der Waals surface area contributed by atoms with Gasteiger partial charge in [-0.25, -0.2) is 5.21 Å². The van der Waals surface area contributed by atoms with E-state index in [0.717, 1.165) is 0 Å². The molecule has 0 saturated heterocycles. The third-order valence-electron chi connectivity index (χ3n) is 0.161. The summed E-state index contributed by atoms with van der Waals surface area (Å²) in [6.45, 7) is 0. The first-order valence-electron chi connectivity index (χ1n) is 1.18. The Morgan fingerprint density at radius 1 is 1.71 bits per heavy atom. The van der Waals surface area contributed by atoms with E-state index in [9.17, 15) is 4.91 Å². The Hall–Kier alpha value is -0.350. The van der Waals surface area contributed by atoms with Crippen LogP contribution in [0.15, 0.2) is 5.10 Å². The van der Waals surface area contributed by atoms with Crippen molar-refractivity contribution >= 4 is 27.8 Å². The number of nitrogens with zero attached hydrogens (tertiary/aromatic N) is 2. The predicted molar refractivity (Wildman–Crippen MR) is 24.6 cm³/mol. The lowest BCUT2D eigenvalue weighted by Crippen LogP contribution is -1.89. The van der Waals surface area contributed by atoms with Crippen molar-refractivity contribution in [2.75, 3.05) is 0 Å². The van der Waals surface area contributed by atoms with Crippen molar-refractivity contribution in [2.45, 2.75) is 0 Å². The lowest BCUT2D eigenvalue weighted by Gasteiger charge is -1.63. The van der Waals surface area contributed by atoms with Gasteiger partial charge in [0.1, 0.15) is 10.0 Å². The highest BCUT2D eigenvalue weighted by Gasteiger charge is 1.98. The quantitative estimate of drug-likeness (QED) is 0.439. The smallest absolute Gasteiger partial charge is 0.217 e. The zero-order valence-electron chi connectivity index (χ0n) is 3.01. The van der Waals surface area contributed by atoms with E-state index in [1.165, 1.54) is 0 Å². The van der Waals surface area contributed by atoms with Crippen LogP contribution in [0.25, 0.3) is 0 Å². The highest BCUT2D eigenvalue weighted by atomic mass is 35.5. The van der Waals surface area contributed by atoms with Crippen LogP contribution in [0.2, 0.25) is 0 Å². The summed E-state index contributed by atoms with van der Waals surface area (Å²) in [5.74, 6) is 0. The zero-order chi connectivity index (χ0) is 5.86. The number of hydrogen-bond donors (Lipinski definition) is 1. The van der Waals surface area contributed by atoms with E-state index in [4.69, 9.17) is 28.4 Å². The van der Waals surface area contributed by atoms with Gasteiger partial charge in [0.25, 0.3) is 4.63 Å². The summed E-state index contributed by atoms with van der Waals surface area (Å²) in [5.41, 5.74) is 0. The van der Waals surface area contributed by atoms with E-state index in [0.29, 0.717) is 0 Å². The first-order chi connectivity index (χ1) is 3.13. The Balaban J connectivity index is 3.68. The summed E-state index contributed by atoms with van der Waals surface area (Å²) in [7, 11) is 0. The van der Waals surface area contributed by atoms with E-state index in [1.54, 1.807) is 0 Å².